The number of hydrogen-bond donors (Lipinski definition) is 2. The molecule has 0 spiro atoms. The minimum Gasteiger partial charge on any atom is -0.307 e. The molecule has 2 N–H and O–H groups in total. The maximum atomic E-state index is 12.6. The first-order valence-corrected chi connectivity index (χ1v) is 10.3. The summed E-state index contributed by atoms with van der Waals surface area (Å²) >= 11 is 0. The second kappa shape index (κ2) is 8.29. The average molecular weight is 426 g/mol. The van der Waals surface area contributed by atoms with Crippen molar-refractivity contribution in [3.05, 3.63) is 87.6 Å². The van der Waals surface area contributed by atoms with E-state index in [0.717, 1.165) is 11.6 Å². The van der Waals surface area contributed by atoms with Crippen molar-refractivity contribution in [2.45, 2.75) is 18.7 Å². The lowest BCUT2D eigenvalue weighted by Crippen LogP contribution is -2.15. The lowest BCUT2D eigenvalue weighted by Gasteiger charge is -2.10. The molecule has 1 aromatic heterocycles. The van der Waals surface area contributed by atoms with Crippen molar-refractivity contribution in [2.24, 2.45) is 0 Å². The van der Waals surface area contributed by atoms with Crippen LogP contribution in [-0.4, -0.2) is 24.2 Å². The van der Waals surface area contributed by atoms with Crippen LogP contribution in [0.15, 0.2) is 65.7 Å². The number of aromatic nitrogens is 1. The number of benzene rings is 2. The molecule has 0 saturated heterocycles. The van der Waals surface area contributed by atoms with Crippen molar-refractivity contribution in [3.8, 4) is 0 Å². The van der Waals surface area contributed by atoms with Gasteiger partial charge in [0.05, 0.1) is 9.82 Å². The van der Waals surface area contributed by atoms with E-state index in [-0.39, 0.29) is 16.3 Å². The number of anilines is 2. The minimum atomic E-state index is -4.04. The van der Waals surface area contributed by atoms with Gasteiger partial charge in [-0.2, -0.15) is 0 Å². The van der Waals surface area contributed by atoms with E-state index in [9.17, 15) is 23.3 Å². The van der Waals surface area contributed by atoms with Crippen LogP contribution in [0.3, 0.4) is 0 Å². The summed E-state index contributed by atoms with van der Waals surface area (Å²) in [5.41, 5.74) is 1.55. The van der Waals surface area contributed by atoms with Gasteiger partial charge in [0.15, 0.2) is 0 Å². The molecule has 0 radical (unpaired) electrons. The smallest absolute Gasteiger partial charge is 0.273 e. The van der Waals surface area contributed by atoms with Crippen molar-refractivity contribution >= 4 is 33.1 Å². The van der Waals surface area contributed by atoms with E-state index in [1.54, 1.807) is 18.3 Å². The van der Waals surface area contributed by atoms with Gasteiger partial charge in [0.25, 0.3) is 21.6 Å². The third-order valence-electron chi connectivity index (χ3n) is 4.24. The molecule has 0 aliphatic rings. The van der Waals surface area contributed by atoms with Crippen LogP contribution in [-0.2, 0) is 10.0 Å². The molecule has 0 atom stereocenters. The van der Waals surface area contributed by atoms with E-state index in [1.807, 2.05) is 6.92 Å². The number of nitro groups is 1. The number of rotatable bonds is 6. The van der Waals surface area contributed by atoms with Gasteiger partial charge in [0.1, 0.15) is 5.82 Å². The first kappa shape index (κ1) is 20.9. The number of nitrogens with one attached hydrogen (secondary N) is 2. The first-order chi connectivity index (χ1) is 14.2. The third kappa shape index (κ3) is 4.78. The number of hydrogen-bond acceptors (Lipinski definition) is 6. The fraction of sp³-hybridized carbons (Fsp3) is 0.100. The molecule has 0 aliphatic carbocycles. The Balaban J connectivity index is 1.75. The van der Waals surface area contributed by atoms with Crippen LogP contribution in [0.2, 0.25) is 0 Å². The number of pyridine rings is 1. The predicted molar refractivity (Wildman–Crippen MR) is 112 cm³/mol. The van der Waals surface area contributed by atoms with Gasteiger partial charge in [0, 0.05) is 29.1 Å². The van der Waals surface area contributed by atoms with Crippen molar-refractivity contribution in [2.75, 3.05) is 10.0 Å². The Morgan fingerprint density at radius 1 is 1.03 bits per heavy atom. The van der Waals surface area contributed by atoms with Crippen molar-refractivity contribution in [1.29, 1.82) is 0 Å². The molecule has 10 heteroatoms. The monoisotopic (exact) mass is 426 g/mol. The summed E-state index contributed by atoms with van der Waals surface area (Å²) in [6.07, 6.45) is 1.58. The van der Waals surface area contributed by atoms with Gasteiger partial charge in [-0.3, -0.25) is 19.6 Å². The summed E-state index contributed by atoms with van der Waals surface area (Å²) in [7, 11) is -4.04. The van der Waals surface area contributed by atoms with Crippen LogP contribution in [0.25, 0.3) is 0 Å². The Morgan fingerprint density at radius 2 is 1.73 bits per heavy atom. The summed E-state index contributed by atoms with van der Waals surface area (Å²) in [5.74, 6) is 0.0161. The zero-order valence-electron chi connectivity index (χ0n) is 16.1. The lowest BCUT2D eigenvalue weighted by atomic mass is 10.2. The Morgan fingerprint density at radius 3 is 2.37 bits per heavy atom. The average Bonchev–Trinajstić information content (AvgIpc) is 2.68. The normalized spacial score (nSPS) is 11.0. The molecular weight excluding hydrogens is 408 g/mol. The maximum absolute atomic E-state index is 12.6. The van der Waals surface area contributed by atoms with E-state index in [0.29, 0.717) is 16.9 Å². The van der Waals surface area contributed by atoms with Crippen LogP contribution in [0.5, 0.6) is 0 Å². The van der Waals surface area contributed by atoms with Gasteiger partial charge in [-0.05, 0) is 61.9 Å². The quantitative estimate of drug-likeness (QED) is 0.457. The zero-order chi connectivity index (χ0) is 21.9. The molecule has 30 heavy (non-hydrogen) atoms. The highest BCUT2D eigenvalue weighted by Crippen LogP contribution is 2.24. The molecule has 2 aromatic carbocycles. The van der Waals surface area contributed by atoms with Gasteiger partial charge in [0.2, 0.25) is 0 Å². The first-order valence-electron chi connectivity index (χ1n) is 8.78. The molecule has 9 nitrogen and oxygen atoms in total. The number of aryl methyl sites for hydroxylation is 2. The van der Waals surface area contributed by atoms with Crippen LogP contribution in [0.1, 0.15) is 21.5 Å². The SMILES string of the molecule is Cc1ccnc(NC(=O)c2ccc(NS(=O)(=O)c3ccc(C)c([N+](=O)[O-])c3)cc2)c1. The zero-order valence-corrected chi connectivity index (χ0v) is 16.9. The van der Waals surface area contributed by atoms with E-state index in [1.165, 1.54) is 43.3 Å². The van der Waals surface area contributed by atoms with Crippen LogP contribution in [0.4, 0.5) is 17.2 Å². The van der Waals surface area contributed by atoms with Crippen LogP contribution >= 0.6 is 0 Å². The fourth-order valence-corrected chi connectivity index (χ4v) is 3.73. The molecule has 0 fully saturated rings. The summed E-state index contributed by atoms with van der Waals surface area (Å²) in [6, 6.07) is 13.0. The van der Waals surface area contributed by atoms with Gasteiger partial charge >= 0.3 is 0 Å². The number of carbonyl (C=O) groups is 1. The highest BCUT2D eigenvalue weighted by Gasteiger charge is 2.20. The molecule has 0 unspecified atom stereocenters. The van der Waals surface area contributed by atoms with Crippen LogP contribution in [0, 0.1) is 24.0 Å². The fourth-order valence-electron chi connectivity index (χ4n) is 2.65. The highest BCUT2D eigenvalue weighted by atomic mass is 32.2. The molecule has 0 bridgehead atoms. The van der Waals surface area contributed by atoms with E-state index < -0.39 is 20.9 Å². The number of carbonyl (C=O) groups excluding carboxylic acids is 1. The van der Waals surface area contributed by atoms with Crippen molar-refractivity contribution in [3.63, 3.8) is 0 Å². The van der Waals surface area contributed by atoms with Gasteiger partial charge in [-0.15, -0.1) is 0 Å². The topological polar surface area (TPSA) is 131 Å². The second-order valence-corrected chi connectivity index (χ2v) is 8.24. The second-order valence-electron chi connectivity index (χ2n) is 6.56. The number of amides is 1. The Kier molecular flexibility index (Phi) is 5.79. The molecule has 3 aromatic rings. The predicted octanol–water partition coefficient (Wildman–Crippen LogP) is 3.66. The summed E-state index contributed by atoms with van der Waals surface area (Å²) < 4.78 is 27.5. The largest absolute Gasteiger partial charge is 0.307 e. The Labute approximate surface area is 173 Å². The van der Waals surface area contributed by atoms with Crippen LogP contribution < -0.4 is 10.0 Å². The summed E-state index contributed by atoms with van der Waals surface area (Å²) in [5, 5.41) is 13.7. The van der Waals surface area contributed by atoms with Crippen molar-refractivity contribution < 1.29 is 18.1 Å². The minimum absolute atomic E-state index is 0.212. The standard InChI is InChI=1S/C20H18N4O5S/c1-13-9-10-21-19(11-13)22-20(25)15-4-6-16(7-5-15)23-30(28,29)17-8-3-14(2)18(12-17)24(26)27/h3-12,23H,1-2H3,(H,21,22,25). The molecule has 1 amide bonds. The summed E-state index contributed by atoms with van der Waals surface area (Å²) in [4.78, 5) is 26.6. The van der Waals surface area contributed by atoms with E-state index >= 15 is 0 Å². The highest BCUT2D eigenvalue weighted by molar-refractivity contribution is 7.92. The molecule has 1 heterocycles. The molecule has 3 rings (SSSR count). The Bertz CT molecular complexity index is 1220. The molecule has 0 saturated carbocycles. The van der Waals surface area contributed by atoms with Gasteiger partial charge in [-0.1, -0.05) is 6.07 Å². The third-order valence-corrected chi connectivity index (χ3v) is 5.62. The Hall–Kier alpha value is -3.79. The van der Waals surface area contributed by atoms with Gasteiger partial charge in [-0.25, -0.2) is 13.4 Å². The van der Waals surface area contributed by atoms with E-state index in [2.05, 4.69) is 15.0 Å². The number of nitrogens with zero attached hydrogens (tertiary/aromatic N) is 2. The van der Waals surface area contributed by atoms with E-state index in [4.69, 9.17) is 0 Å². The van der Waals surface area contributed by atoms with Gasteiger partial charge < -0.3 is 5.32 Å². The number of nitro benzene ring substituents is 1. The molecular formula is C20H18N4O5S. The number of sulfonamides is 1. The maximum Gasteiger partial charge on any atom is 0.273 e. The molecule has 0 aliphatic heterocycles. The molecule has 154 valence electrons. The lowest BCUT2D eigenvalue weighted by molar-refractivity contribution is -0.385. The van der Waals surface area contributed by atoms with Crippen molar-refractivity contribution in [1.82, 2.24) is 4.98 Å². The summed E-state index contributed by atoms with van der Waals surface area (Å²) in [6.45, 7) is 3.40.